The van der Waals surface area contributed by atoms with Gasteiger partial charge in [-0.15, -0.1) is 0 Å². The lowest BCUT2D eigenvalue weighted by Gasteiger charge is -2.27. The average molecular weight is 453 g/mol. The summed E-state index contributed by atoms with van der Waals surface area (Å²) >= 11 is 0. The first-order valence-corrected chi connectivity index (χ1v) is 10.9. The molecular formula is C27H23N3O4. The van der Waals surface area contributed by atoms with Gasteiger partial charge in [0.2, 0.25) is 0 Å². The van der Waals surface area contributed by atoms with E-state index in [9.17, 15) is 19.5 Å². The number of amides is 2. The zero-order valence-electron chi connectivity index (χ0n) is 18.8. The van der Waals surface area contributed by atoms with Crippen LogP contribution in [-0.2, 0) is 11.3 Å². The number of benzene rings is 3. The summed E-state index contributed by atoms with van der Waals surface area (Å²) < 4.78 is 0. The third-order valence-electron chi connectivity index (χ3n) is 5.91. The molecule has 0 aromatic heterocycles. The number of carbonyl (C=O) groups excluding carboxylic acids is 2. The monoisotopic (exact) mass is 453 g/mol. The second kappa shape index (κ2) is 9.20. The van der Waals surface area contributed by atoms with Gasteiger partial charge in [0.1, 0.15) is 6.04 Å². The molecule has 0 spiro atoms. The highest BCUT2D eigenvalue weighted by Crippen LogP contribution is 2.31. The number of hydrogen-bond donors (Lipinski definition) is 2. The standard InChI is InChI=1S/C27H23N3O4/c1-16(2)24(27(33)34)30-15-21-8-7-20(13-23(21)26(30)32)18-9-11-22(12-10-18)29-25(31)19-5-3-17(14-28)4-6-19/h3-13,16,24H,15H2,1-2H3,(H,29,31)(H,33,34)/t24-/m0/s1. The zero-order valence-corrected chi connectivity index (χ0v) is 18.8. The van der Waals surface area contributed by atoms with Crippen molar-refractivity contribution in [2.24, 2.45) is 5.92 Å². The fourth-order valence-electron chi connectivity index (χ4n) is 4.15. The first-order valence-electron chi connectivity index (χ1n) is 10.9. The van der Waals surface area contributed by atoms with Gasteiger partial charge in [0.25, 0.3) is 11.8 Å². The lowest BCUT2D eigenvalue weighted by Crippen LogP contribution is -2.44. The number of carboxylic acids is 1. The van der Waals surface area contributed by atoms with E-state index in [0.29, 0.717) is 22.4 Å². The Balaban J connectivity index is 1.50. The van der Waals surface area contributed by atoms with Gasteiger partial charge < -0.3 is 15.3 Å². The largest absolute Gasteiger partial charge is 0.480 e. The van der Waals surface area contributed by atoms with Crippen molar-refractivity contribution in [2.75, 3.05) is 5.32 Å². The fourth-order valence-corrected chi connectivity index (χ4v) is 4.15. The summed E-state index contributed by atoms with van der Waals surface area (Å²) in [5, 5.41) is 21.3. The molecule has 1 atom stereocenters. The van der Waals surface area contributed by atoms with Crippen molar-refractivity contribution in [3.05, 3.63) is 89.0 Å². The molecule has 0 radical (unpaired) electrons. The average Bonchev–Trinajstić information content (AvgIpc) is 3.14. The van der Waals surface area contributed by atoms with Crippen LogP contribution in [0.15, 0.2) is 66.7 Å². The molecule has 1 aliphatic rings. The zero-order chi connectivity index (χ0) is 24.4. The SMILES string of the molecule is CC(C)[C@@H](C(=O)O)N1Cc2ccc(-c3ccc(NC(=O)c4ccc(C#N)cc4)cc3)cc2C1=O. The third kappa shape index (κ3) is 4.39. The van der Waals surface area contributed by atoms with E-state index in [1.165, 1.54) is 4.90 Å². The lowest BCUT2D eigenvalue weighted by atomic mass is 10.00. The molecule has 0 unspecified atom stereocenters. The highest BCUT2D eigenvalue weighted by Gasteiger charge is 2.38. The van der Waals surface area contributed by atoms with Crippen LogP contribution in [0.4, 0.5) is 5.69 Å². The number of carboxylic acid groups (broad SMARTS) is 1. The summed E-state index contributed by atoms with van der Waals surface area (Å²) in [7, 11) is 0. The minimum absolute atomic E-state index is 0.206. The molecule has 7 heteroatoms. The summed E-state index contributed by atoms with van der Waals surface area (Å²) in [6.45, 7) is 3.87. The van der Waals surface area contributed by atoms with Crippen LogP contribution in [0.1, 0.15) is 45.7 Å². The topological polar surface area (TPSA) is 110 Å². The Morgan fingerprint density at radius 2 is 1.65 bits per heavy atom. The van der Waals surface area contributed by atoms with Crippen molar-refractivity contribution in [3.63, 3.8) is 0 Å². The Bertz CT molecular complexity index is 1310. The number of nitriles is 1. The fraction of sp³-hybridized carbons (Fsp3) is 0.185. The van der Waals surface area contributed by atoms with Gasteiger partial charge in [-0.2, -0.15) is 5.26 Å². The van der Waals surface area contributed by atoms with E-state index in [2.05, 4.69) is 5.32 Å². The van der Waals surface area contributed by atoms with Gasteiger partial charge in [0.05, 0.1) is 11.6 Å². The molecule has 7 nitrogen and oxygen atoms in total. The van der Waals surface area contributed by atoms with Crippen molar-refractivity contribution in [1.29, 1.82) is 5.26 Å². The summed E-state index contributed by atoms with van der Waals surface area (Å²) in [5.41, 5.74) is 4.57. The van der Waals surface area contributed by atoms with E-state index in [4.69, 9.17) is 5.26 Å². The van der Waals surface area contributed by atoms with Crippen LogP contribution in [0.5, 0.6) is 0 Å². The van der Waals surface area contributed by atoms with E-state index in [0.717, 1.165) is 16.7 Å². The summed E-state index contributed by atoms with van der Waals surface area (Å²) in [6, 6.07) is 20.3. The molecular weight excluding hydrogens is 430 g/mol. The Morgan fingerprint density at radius 1 is 1.00 bits per heavy atom. The number of hydrogen-bond acceptors (Lipinski definition) is 4. The van der Waals surface area contributed by atoms with Crippen molar-refractivity contribution in [3.8, 4) is 17.2 Å². The Morgan fingerprint density at radius 3 is 2.24 bits per heavy atom. The summed E-state index contributed by atoms with van der Waals surface area (Å²) in [4.78, 5) is 38.5. The molecule has 34 heavy (non-hydrogen) atoms. The minimum Gasteiger partial charge on any atom is -0.480 e. The number of carbonyl (C=O) groups is 3. The number of anilines is 1. The van der Waals surface area contributed by atoms with Gasteiger partial charge in [0.15, 0.2) is 0 Å². The van der Waals surface area contributed by atoms with Gasteiger partial charge in [0, 0.05) is 23.4 Å². The summed E-state index contributed by atoms with van der Waals surface area (Å²) in [6.07, 6.45) is 0. The van der Waals surface area contributed by atoms with E-state index in [1.54, 1.807) is 56.3 Å². The summed E-state index contributed by atoms with van der Waals surface area (Å²) in [5.74, 6) is -1.76. The van der Waals surface area contributed by atoms with Crippen LogP contribution in [0.3, 0.4) is 0 Å². The molecule has 0 saturated heterocycles. The molecule has 4 rings (SSSR count). The first-order chi connectivity index (χ1) is 16.3. The van der Waals surface area contributed by atoms with Crippen molar-refractivity contribution in [1.82, 2.24) is 4.90 Å². The Hall–Kier alpha value is -4.44. The molecule has 170 valence electrons. The first kappa shape index (κ1) is 22.7. The Kier molecular flexibility index (Phi) is 6.15. The highest BCUT2D eigenvalue weighted by molar-refractivity contribution is 6.04. The lowest BCUT2D eigenvalue weighted by molar-refractivity contribution is -0.144. The van der Waals surface area contributed by atoms with Gasteiger partial charge in [-0.3, -0.25) is 9.59 Å². The van der Waals surface area contributed by atoms with Crippen LogP contribution >= 0.6 is 0 Å². The van der Waals surface area contributed by atoms with Crippen molar-refractivity contribution >= 4 is 23.5 Å². The Labute approximate surface area is 197 Å². The molecule has 1 heterocycles. The number of aliphatic carboxylic acids is 1. The number of rotatable bonds is 6. The molecule has 0 aliphatic carbocycles. The van der Waals surface area contributed by atoms with Crippen LogP contribution in [0, 0.1) is 17.2 Å². The maximum atomic E-state index is 13.0. The third-order valence-corrected chi connectivity index (χ3v) is 5.91. The van der Waals surface area contributed by atoms with Crippen LogP contribution < -0.4 is 5.32 Å². The van der Waals surface area contributed by atoms with E-state index >= 15 is 0 Å². The second-order valence-corrected chi connectivity index (χ2v) is 8.55. The minimum atomic E-state index is -1.00. The smallest absolute Gasteiger partial charge is 0.326 e. The molecule has 3 aromatic rings. The molecule has 0 bridgehead atoms. The molecule has 0 saturated carbocycles. The van der Waals surface area contributed by atoms with Crippen molar-refractivity contribution < 1.29 is 19.5 Å². The van der Waals surface area contributed by atoms with Crippen LogP contribution in [0.2, 0.25) is 0 Å². The van der Waals surface area contributed by atoms with E-state index < -0.39 is 12.0 Å². The predicted octanol–water partition coefficient (Wildman–Crippen LogP) is 4.54. The van der Waals surface area contributed by atoms with E-state index in [-0.39, 0.29) is 24.3 Å². The molecule has 2 amide bonds. The van der Waals surface area contributed by atoms with Crippen LogP contribution in [0.25, 0.3) is 11.1 Å². The van der Waals surface area contributed by atoms with Gasteiger partial charge >= 0.3 is 5.97 Å². The second-order valence-electron chi connectivity index (χ2n) is 8.55. The van der Waals surface area contributed by atoms with Gasteiger partial charge in [-0.25, -0.2) is 4.79 Å². The number of nitrogens with zero attached hydrogens (tertiary/aromatic N) is 2. The number of fused-ring (bicyclic) bond motifs is 1. The number of nitrogens with one attached hydrogen (secondary N) is 1. The van der Waals surface area contributed by atoms with Crippen molar-refractivity contribution in [2.45, 2.75) is 26.4 Å². The maximum absolute atomic E-state index is 13.0. The normalized spacial score (nSPS) is 13.4. The molecule has 3 aromatic carbocycles. The van der Waals surface area contributed by atoms with Crippen LogP contribution in [-0.4, -0.2) is 33.8 Å². The quantitative estimate of drug-likeness (QED) is 0.569. The van der Waals surface area contributed by atoms with E-state index in [1.807, 2.05) is 30.3 Å². The predicted molar refractivity (Wildman–Crippen MR) is 127 cm³/mol. The molecule has 0 fully saturated rings. The van der Waals surface area contributed by atoms with Gasteiger partial charge in [-0.1, -0.05) is 38.1 Å². The van der Waals surface area contributed by atoms with Gasteiger partial charge in [-0.05, 0) is 65.1 Å². The molecule has 1 aliphatic heterocycles. The highest BCUT2D eigenvalue weighted by atomic mass is 16.4. The molecule has 2 N–H and O–H groups in total. The maximum Gasteiger partial charge on any atom is 0.326 e.